The van der Waals surface area contributed by atoms with Gasteiger partial charge in [-0.15, -0.1) is 5.10 Å². The fraction of sp³-hybridized carbons (Fsp3) is 0.400. The molecule has 0 saturated carbocycles. The molecule has 3 heterocycles. The molecular weight excluding hydrogens is 535 g/mol. The minimum absolute atomic E-state index is 0.0874. The van der Waals surface area contributed by atoms with E-state index < -0.39 is 76.1 Å². The van der Waals surface area contributed by atoms with Crippen LogP contribution in [-0.4, -0.2) is 53.5 Å². The van der Waals surface area contributed by atoms with Crippen molar-refractivity contribution in [2.45, 2.75) is 52.7 Å². The Morgan fingerprint density at radius 1 is 1.21 bits per heavy atom. The Labute approximate surface area is 207 Å². The summed E-state index contributed by atoms with van der Waals surface area (Å²) in [5.41, 5.74) is -4.81. The number of ether oxygens (including phenoxy) is 1. The number of aryl methyl sites for hydroxylation is 1. The summed E-state index contributed by atoms with van der Waals surface area (Å²) in [7, 11) is 0. The summed E-state index contributed by atoms with van der Waals surface area (Å²) in [6, 6.07) is 0.309. The summed E-state index contributed by atoms with van der Waals surface area (Å²) >= 11 is 0. The molecule has 0 aliphatic carbocycles. The largest absolute Gasteiger partial charge is 0.464 e. The Kier molecular flexibility index (Phi) is 7.38. The summed E-state index contributed by atoms with van der Waals surface area (Å²) < 4.78 is 100. The molecule has 0 unspecified atom stereocenters. The van der Waals surface area contributed by atoms with Gasteiger partial charge in [-0.1, -0.05) is 0 Å². The van der Waals surface area contributed by atoms with Crippen LogP contribution in [0, 0.1) is 12.7 Å². The van der Waals surface area contributed by atoms with Gasteiger partial charge in [-0.25, -0.2) is 9.18 Å². The van der Waals surface area contributed by atoms with Crippen molar-refractivity contribution in [1.82, 2.24) is 29.5 Å². The second kappa shape index (κ2) is 9.90. The molecule has 0 radical (unpaired) electrons. The molecule has 3 rings (SSSR count). The number of carbonyl (C=O) groups is 2. The minimum Gasteiger partial charge on any atom is -0.464 e. The average molecular weight is 553 g/mol. The first-order valence-corrected chi connectivity index (χ1v) is 10.6. The van der Waals surface area contributed by atoms with Gasteiger partial charge in [-0.2, -0.15) is 41.1 Å². The maximum atomic E-state index is 15.1. The number of aromatic nitrogens is 6. The zero-order valence-electron chi connectivity index (χ0n) is 19.9. The van der Waals surface area contributed by atoms with Gasteiger partial charge in [0.15, 0.2) is 29.2 Å². The molecule has 1 atom stereocenters. The number of hydrogen-bond acceptors (Lipinski definition) is 7. The van der Waals surface area contributed by atoms with Gasteiger partial charge < -0.3 is 10.1 Å². The van der Waals surface area contributed by atoms with Crippen LogP contribution in [0.1, 0.15) is 53.1 Å². The summed E-state index contributed by atoms with van der Waals surface area (Å²) in [4.78, 5) is 40.8. The SMILES string of the molecule is CCn1c(C(C)=O)nn(-c2nc(O[C@@H](C)C(F)(F)F)c(C(=O)Nc3c(C(F)(F)F)n[nH]c3C)cc2F)c1=O. The molecule has 0 bridgehead atoms. The van der Waals surface area contributed by atoms with Gasteiger partial charge in [0.1, 0.15) is 5.56 Å². The van der Waals surface area contributed by atoms with E-state index in [4.69, 9.17) is 4.74 Å². The van der Waals surface area contributed by atoms with Gasteiger partial charge in [0.05, 0.1) is 11.4 Å². The van der Waals surface area contributed by atoms with Crippen LogP contribution in [0.4, 0.5) is 36.4 Å². The third kappa shape index (κ3) is 5.37. The van der Waals surface area contributed by atoms with Crippen molar-refractivity contribution in [1.29, 1.82) is 0 Å². The number of ketones is 1. The topological polar surface area (TPSA) is 137 Å². The minimum atomic E-state index is -5.03. The number of H-pyrrole nitrogens is 1. The number of carbonyl (C=O) groups excluding carboxylic acids is 2. The lowest BCUT2D eigenvalue weighted by Gasteiger charge is -2.19. The Morgan fingerprint density at radius 3 is 2.34 bits per heavy atom. The summed E-state index contributed by atoms with van der Waals surface area (Å²) in [5.74, 6) is -6.33. The number of anilines is 1. The van der Waals surface area contributed by atoms with Crippen molar-refractivity contribution in [3.05, 3.63) is 45.1 Å². The summed E-state index contributed by atoms with van der Waals surface area (Å²) in [6.45, 7) is 4.08. The molecular formula is C20H18F7N7O4. The van der Waals surface area contributed by atoms with Gasteiger partial charge in [0, 0.05) is 13.5 Å². The highest BCUT2D eigenvalue weighted by Crippen LogP contribution is 2.35. The highest BCUT2D eigenvalue weighted by Gasteiger charge is 2.41. The van der Waals surface area contributed by atoms with Crippen LogP contribution >= 0.6 is 0 Å². The van der Waals surface area contributed by atoms with Gasteiger partial charge in [-0.3, -0.25) is 19.3 Å². The molecule has 1 amide bonds. The standard InChI is InChI=1S/C20H18F7N7O4/c1-5-33-14(8(3)35)32-34(18(33)37)15-11(21)6-10(17(29-15)38-9(4)19(22,23)24)16(36)28-12-7(2)30-31-13(12)20(25,26)27/h6,9H,5H2,1-4H3,(H,28,36)(H,30,31)/t9-/m0/s1. The van der Waals surface area contributed by atoms with Crippen LogP contribution in [-0.2, 0) is 12.7 Å². The van der Waals surface area contributed by atoms with Crippen LogP contribution in [0.25, 0.3) is 5.82 Å². The smallest absolute Gasteiger partial charge is 0.437 e. The molecule has 3 aromatic rings. The number of nitrogens with zero attached hydrogens (tertiary/aromatic N) is 5. The number of Topliss-reactive ketones (excluding diaryl/α,β-unsaturated/α-hetero) is 1. The Morgan fingerprint density at radius 2 is 1.84 bits per heavy atom. The number of alkyl halides is 6. The van der Waals surface area contributed by atoms with Crippen molar-refractivity contribution in [3.63, 3.8) is 0 Å². The third-order valence-electron chi connectivity index (χ3n) is 5.07. The molecule has 18 heteroatoms. The first-order valence-electron chi connectivity index (χ1n) is 10.6. The van der Waals surface area contributed by atoms with Crippen molar-refractivity contribution < 1.29 is 45.1 Å². The van der Waals surface area contributed by atoms with E-state index in [1.165, 1.54) is 6.92 Å². The lowest BCUT2D eigenvalue weighted by atomic mass is 10.2. The number of rotatable bonds is 7. The van der Waals surface area contributed by atoms with E-state index >= 15 is 4.39 Å². The second-order valence-corrected chi connectivity index (χ2v) is 7.79. The second-order valence-electron chi connectivity index (χ2n) is 7.79. The normalized spacial score (nSPS) is 12.9. The average Bonchev–Trinajstić information content (AvgIpc) is 3.33. The molecule has 0 aliphatic heterocycles. The van der Waals surface area contributed by atoms with Crippen molar-refractivity contribution in [2.75, 3.05) is 5.32 Å². The van der Waals surface area contributed by atoms with E-state index in [0.29, 0.717) is 13.0 Å². The molecule has 2 N–H and O–H groups in total. The van der Waals surface area contributed by atoms with Gasteiger partial charge in [0.25, 0.3) is 5.91 Å². The van der Waals surface area contributed by atoms with Crippen LogP contribution < -0.4 is 15.7 Å². The lowest BCUT2D eigenvalue weighted by Crippen LogP contribution is -2.33. The van der Waals surface area contributed by atoms with Gasteiger partial charge in [0.2, 0.25) is 11.7 Å². The number of hydrogen-bond donors (Lipinski definition) is 2. The Bertz CT molecular complexity index is 1450. The third-order valence-corrected chi connectivity index (χ3v) is 5.07. The summed E-state index contributed by atoms with van der Waals surface area (Å²) in [5, 5.41) is 10.5. The Balaban J connectivity index is 2.18. The van der Waals surface area contributed by atoms with Crippen molar-refractivity contribution >= 4 is 17.4 Å². The van der Waals surface area contributed by atoms with E-state index in [-0.39, 0.29) is 16.9 Å². The molecule has 11 nitrogen and oxygen atoms in total. The number of nitrogens with one attached hydrogen (secondary N) is 2. The van der Waals surface area contributed by atoms with Crippen LogP contribution in [0.3, 0.4) is 0 Å². The number of halogens is 7. The van der Waals surface area contributed by atoms with Crippen LogP contribution in [0.5, 0.6) is 5.88 Å². The summed E-state index contributed by atoms with van der Waals surface area (Å²) in [6.07, 6.45) is -12.7. The van der Waals surface area contributed by atoms with E-state index in [1.807, 2.05) is 10.4 Å². The van der Waals surface area contributed by atoms with E-state index in [2.05, 4.69) is 15.2 Å². The molecule has 206 valence electrons. The highest BCUT2D eigenvalue weighted by molar-refractivity contribution is 6.06. The van der Waals surface area contributed by atoms with Crippen molar-refractivity contribution in [2.24, 2.45) is 0 Å². The number of pyridine rings is 1. The monoisotopic (exact) mass is 553 g/mol. The van der Waals surface area contributed by atoms with Crippen LogP contribution in [0.15, 0.2) is 10.9 Å². The quantitative estimate of drug-likeness (QED) is 0.338. The zero-order chi connectivity index (χ0) is 28.7. The van der Waals surface area contributed by atoms with Gasteiger partial charge in [-0.05, 0) is 26.8 Å². The first-order chi connectivity index (χ1) is 17.5. The number of amides is 1. The first kappa shape index (κ1) is 28.3. The molecule has 38 heavy (non-hydrogen) atoms. The molecule has 0 fully saturated rings. The molecule has 0 aliphatic rings. The predicted molar refractivity (Wildman–Crippen MR) is 114 cm³/mol. The molecule has 0 aromatic carbocycles. The Hall–Kier alpha value is -4.25. The van der Waals surface area contributed by atoms with Crippen LogP contribution in [0.2, 0.25) is 0 Å². The van der Waals surface area contributed by atoms with Crippen molar-refractivity contribution in [3.8, 4) is 11.7 Å². The molecule has 3 aromatic heterocycles. The fourth-order valence-electron chi connectivity index (χ4n) is 3.15. The van der Waals surface area contributed by atoms with E-state index in [0.717, 1.165) is 18.4 Å². The zero-order valence-corrected chi connectivity index (χ0v) is 19.9. The maximum absolute atomic E-state index is 15.1. The fourth-order valence-corrected chi connectivity index (χ4v) is 3.15. The maximum Gasteiger partial charge on any atom is 0.437 e. The number of aromatic amines is 1. The van der Waals surface area contributed by atoms with Gasteiger partial charge >= 0.3 is 18.0 Å². The highest BCUT2D eigenvalue weighted by atomic mass is 19.4. The lowest BCUT2D eigenvalue weighted by molar-refractivity contribution is -0.190. The predicted octanol–water partition coefficient (Wildman–Crippen LogP) is 3.42. The van der Waals surface area contributed by atoms with E-state index in [1.54, 1.807) is 0 Å². The van der Waals surface area contributed by atoms with E-state index in [9.17, 15) is 40.7 Å². The molecule has 0 spiro atoms. The molecule has 0 saturated heterocycles.